The number of carbonyl (C=O) groups excluding carboxylic acids is 2. The highest BCUT2D eigenvalue weighted by Gasteiger charge is 2.18. The lowest BCUT2D eigenvalue weighted by Crippen LogP contribution is -2.33. The lowest BCUT2D eigenvalue weighted by Gasteiger charge is -2.21. The second-order valence-electron chi connectivity index (χ2n) is 5.52. The fraction of sp³-hybridized carbons (Fsp3) is 0.500. The maximum atomic E-state index is 12.0. The van der Waals surface area contributed by atoms with E-state index < -0.39 is 0 Å². The zero-order valence-electron chi connectivity index (χ0n) is 12.4. The van der Waals surface area contributed by atoms with Crippen molar-refractivity contribution < 1.29 is 14.3 Å². The number of carbonyl (C=O) groups is 2. The molecule has 5 nitrogen and oxygen atoms in total. The van der Waals surface area contributed by atoms with Gasteiger partial charge in [-0.2, -0.15) is 0 Å². The number of nitrogen functional groups attached to an aromatic ring is 1. The molecule has 3 N–H and O–H groups in total. The van der Waals surface area contributed by atoms with Gasteiger partial charge in [0.05, 0.1) is 5.56 Å². The van der Waals surface area contributed by atoms with Gasteiger partial charge in [0.25, 0.3) is 5.91 Å². The third-order valence-electron chi connectivity index (χ3n) is 3.70. The van der Waals surface area contributed by atoms with Gasteiger partial charge in [0, 0.05) is 5.69 Å². The Labute approximate surface area is 124 Å². The molecule has 0 saturated heterocycles. The molecule has 1 aromatic carbocycles. The SMILES string of the molecule is Cc1ccc(C(=O)NCC(=O)OC2CCCCC2)c(N)c1. The highest BCUT2D eigenvalue weighted by atomic mass is 16.5. The second kappa shape index (κ2) is 7.11. The van der Waals surface area contributed by atoms with Crippen LogP contribution in [0.25, 0.3) is 0 Å². The first-order valence-electron chi connectivity index (χ1n) is 7.40. The highest BCUT2D eigenvalue weighted by molar-refractivity contribution is 6.00. The van der Waals surface area contributed by atoms with Crippen LogP contribution in [-0.4, -0.2) is 24.5 Å². The molecule has 1 saturated carbocycles. The van der Waals surface area contributed by atoms with Crippen LogP contribution in [0.3, 0.4) is 0 Å². The van der Waals surface area contributed by atoms with E-state index in [1.165, 1.54) is 6.42 Å². The van der Waals surface area contributed by atoms with Gasteiger partial charge in [-0.1, -0.05) is 12.5 Å². The van der Waals surface area contributed by atoms with Gasteiger partial charge in [-0.15, -0.1) is 0 Å². The average Bonchev–Trinajstić information content (AvgIpc) is 2.46. The Hall–Kier alpha value is -2.04. The van der Waals surface area contributed by atoms with Gasteiger partial charge in [0.15, 0.2) is 0 Å². The predicted molar refractivity (Wildman–Crippen MR) is 80.9 cm³/mol. The number of hydrogen-bond donors (Lipinski definition) is 2. The summed E-state index contributed by atoms with van der Waals surface area (Å²) in [7, 11) is 0. The van der Waals surface area contributed by atoms with Crippen LogP contribution < -0.4 is 11.1 Å². The molecule has 0 radical (unpaired) electrons. The monoisotopic (exact) mass is 290 g/mol. The van der Waals surface area contributed by atoms with Gasteiger partial charge in [-0.25, -0.2) is 0 Å². The summed E-state index contributed by atoms with van der Waals surface area (Å²) in [5, 5.41) is 2.56. The molecular weight excluding hydrogens is 268 g/mol. The Bertz CT molecular complexity index is 522. The zero-order chi connectivity index (χ0) is 15.2. The van der Waals surface area contributed by atoms with Gasteiger partial charge in [0.2, 0.25) is 0 Å². The van der Waals surface area contributed by atoms with Gasteiger partial charge >= 0.3 is 5.97 Å². The lowest BCUT2D eigenvalue weighted by molar-refractivity contribution is -0.149. The molecule has 0 bridgehead atoms. The van der Waals surface area contributed by atoms with E-state index in [1.807, 2.05) is 13.0 Å². The maximum Gasteiger partial charge on any atom is 0.325 e. The fourth-order valence-electron chi connectivity index (χ4n) is 2.55. The van der Waals surface area contributed by atoms with Crippen molar-refractivity contribution in [3.63, 3.8) is 0 Å². The average molecular weight is 290 g/mol. The first-order valence-corrected chi connectivity index (χ1v) is 7.40. The fourth-order valence-corrected chi connectivity index (χ4v) is 2.55. The molecular formula is C16H22N2O3. The summed E-state index contributed by atoms with van der Waals surface area (Å²) in [5.41, 5.74) is 7.58. The number of nitrogens with one attached hydrogen (secondary N) is 1. The Balaban J connectivity index is 1.81. The number of amides is 1. The molecule has 1 amide bonds. The molecule has 0 atom stereocenters. The summed E-state index contributed by atoms with van der Waals surface area (Å²) < 4.78 is 5.34. The second-order valence-corrected chi connectivity index (χ2v) is 5.52. The summed E-state index contributed by atoms with van der Waals surface area (Å²) >= 11 is 0. The van der Waals surface area contributed by atoms with Crippen LogP contribution in [0.2, 0.25) is 0 Å². The van der Waals surface area contributed by atoms with E-state index in [-0.39, 0.29) is 24.5 Å². The van der Waals surface area contributed by atoms with E-state index in [2.05, 4.69) is 5.32 Å². The Morgan fingerprint density at radius 3 is 2.67 bits per heavy atom. The van der Waals surface area contributed by atoms with Gasteiger partial charge in [-0.05, 0) is 50.3 Å². The number of nitrogens with two attached hydrogens (primary N) is 1. The zero-order valence-corrected chi connectivity index (χ0v) is 12.4. The van der Waals surface area contributed by atoms with Crippen molar-refractivity contribution in [3.05, 3.63) is 29.3 Å². The third-order valence-corrected chi connectivity index (χ3v) is 3.70. The van der Waals surface area contributed by atoms with Crippen molar-refractivity contribution in [1.82, 2.24) is 5.32 Å². The lowest BCUT2D eigenvalue weighted by atomic mass is 9.98. The van der Waals surface area contributed by atoms with Crippen molar-refractivity contribution in [2.24, 2.45) is 0 Å². The standard InChI is InChI=1S/C16H22N2O3/c1-11-7-8-13(14(17)9-11)16(20)18-10-15(19)21-12-5-3-2-4-6-12/h7-9,12H,2-6,10,17H2,1H3,(H,18,20). The molecule has 1 aliphatic carbocycles. The quantitative estimate of drug-likeness (QED) is 0.658. The van der Waals surface area contributed by atoms with Gasteiger partial charge in [-0.3, -0.25) is 9.59 Å². The number of benzene rings is 1. The topological polar surface area (TPSA) is 81.4 Å². The van der Waals surface area contributed by atoms with Crippen LogP contribution in [0, 0.1) is 6.92 Å². The number of anilines is 1. The first-order chi connectivity index (χ1) is 10.1. The molecule has 21 heavy (non-hydrogen) atoms. The summed E-state index contributed by atoms with van der Waals surface area (Å²) in [5.74, 6) is -0.742. The number of aryl methyl sites for hydroxylation is 1. The number of rotatable bonds is 4. The minimum Gasteiger partial charge on any atom is -0.461 e. The maximum absolute atomic E-state index is 12.0. The molecule has 0 aliphatic heterocycles. The van der Waals surface area contributed by atoms with Gasteiger partial charge < -0.3 is 15.8 Å². The molecule has 5 heteroatoms. The van der Waals surface area contributed by atoms with E-state index in [0.29, 0.717) is 11.3 Å². The summed E-state index contributed by atoms with van der Waals surface area (Å²) in [6, 6.07) is 5.20. The largest absolute Gasteiger partial charge is 0.461 e. The number of esters is 1. The van der Waals surface area contributed by atoms with Crippen molar-refractivity contribution in [2.75, 3.05) is 12.3 Å². The molecule has 2 rings (SSSR count). The van der Waals surface area contributed by atoms with Gasteiger partial charge in [0.1, 0.15) is 12.6 Å². The molecule has 1 aliphatic rings. The Morgan fingerprint density at radius 1 is 1.29 bits per heavy atom. The minimum absolute atomic E-state index is 0.00703. The summed E-state index contributed by atoms with van der Waals surface area (Å²) in [4.78, 5) is 23.7. The highest BCUT2D eigenvalue weighted by Crippen LogP contribution is 2.20. The smallest absolute Gasteiger partial charge is 0.325 e. The van der Waals surface area contributed by atoms with Crippen LogP contribution in [0.15, 0.2) is 18.2 Å². The van der Waals surface area contributed by atoms with Crippen molar-refractivity contribution >= 4 is 17.6 Å². The molecule has 0 unspecified atom stereocenters. The van der Waals surface area contributed by atoms with Crippen molar-refractivity contribution in [1.29, 1.82) is 0 Å². The summed E-state index contributed by atoms with van der Waals surface area (Å²) in [6.45, 7) is 1.78. The van der Waals surface area contributed by atoms with Crippen LogP contribution in [0.5, 0.6) is 0 Å². The Kier molecular flexibility index (Phi) is 5.20. The normalized spacial score (nSPS) is 15.5. The summed E-state index contributed by atoms with van der Waals surface area (Å²) in [6.07, 6.45) is 5.26. The van der Waals surface area contributed by atoms with Crippen LogP contribution in [-0.2, 0) is 9.53 Å². The molecule has 114 valence electrons. The first kappa shape index (κ1) is 15.4. The van der Waals surface area contributed by atoms with E-state index >= 15 is 0 Å². The molecule has 0 heterocycles. The third kappa shape index (κ3) is 4.48. The van der Waals surface area contributed by atoms with Crippen molar-refractivity contribution in [2.45, 2.75) is 45.1 Å². The van der Waals surface area contributed by atoms with Crippen molar-refractivity contribution in [3.8, 4) is 0 Å². The molecule has 1 fully saturated rings. The minimum atomic E-state index is -0.388. The molecule has 1 aromatic rings. The predicted octanol–water partition coefficient (Wildman–Crippen LogP) is 2.18. The van der Waals surface area contributed by atoms with E-state index in [0.717, 1.165) is 31.2 Å². The number of ether oxygens (including phenoxy) is 1. The molecule has 0 aromatic heterocycles. The molecule has 0 spiro atoms. The van der Waals surface area contributed by atoms with Crippen LogP contribution >= 0.6 is 0 Å². The van der Waals surface area contributed by atoms with E-state index in [9.17, 15) is 9.59 Å². The Morgan fingerprint density at radius 2 is 2.00 bits per heavy atom. The van der Waals surface area contributed by atoms with E-state index in [1.54, 1.807) is 12.1 Å². The number of hydrogen-bond acceptors (Lipinski definition) is 4. The van der Waals surface area contributed by atoms with E-state index in [4.69, 9.17) is 10.5 Å². The van der Waals surface area contributed by atoms with Crippen LogP contribution in [0.4, 0.5) is 5.69 Å². The van der Waals surface area contributed by atoms with Crippen LogP contribution in [0.1, 0.15) is 48.0 Å².